The Balaban J connectivity index is 1.82. The van der Waals surface area contributed by atoms with Gasteiger partial charge in [0.15, 0.2) is 6.23 Å². The molecule has 0 bridgehead atoms. The average molecular weight is 294 g/mol. The molecule has 1 saturated heterocycles. The molecule has 0 radical (unpaired) electrons. The molecular formula is C17H18N4O. The highest BCUT2D eigenvalue weighted by Gasteiger charge is 2.20. The molecule has 2 aromatic heterocycles. The number of nitrogens with zero attached hydrogens (tertiary/aromatic N) is 3. The van der Waals surface area contributed by atoms with Gasteiger partial charge in [0, 0.05) is 23.8 Å². The van der Waals surface area contributed by atoms with Gasteiger partial charge in [-0.15, -0.1) is 0 Å². The lowest BCUT2D eigenvalue weighted by Gasteiger charge is -2.24. The number of hydrogen-bond acceptors (Lipinski definition) is 4. The number of benzene rings is 1. The molecule has 22 heavy (non-hydrogen) atoms. The van der Waals surface area contributed by atoms with Gasteiger partial charge in [-0.05, 0) is 37.5 Å². The van der Waals surface area contributed by atoms with E-state index in [1.165, 1.54) is 0 Å². The number of aromatic nitrogens is 3. The highest BCUT2D eigenvalue weighted by Crippen LogP contribution is 2.32. The quantitative estimate of drug-likeness (QED) is 0.787. The third kappa shape index (κ3) is 2.23. The van der Waals surface area contributed by atoms with E-state index in [0.29, 0.717) is 5.82 Å². The van der Waals surface area contributed by atoms with Gasteiger partial charge >= 0.3 is 0 Å². The molecule has 1 fully saturated rings. The molecule has 5 heteroatoms. The van der Waals surface area contributed by atoms with E-state index >= 15 is 0 Å². The molecule has 3 aromatic rings. The van der Waals surface area contributed by atoms with E-state index in [0.717, 1.165) is 48.0 Å². The van der Waals surface area contributed by atoms with Gasteiger partial charge in [-0.2, -0.15) is 5.10 Å². The van der Waals surface area contributed by atoms with Crippen molar-refractivity contribution in [3.8, 4) is 11.3 Å². The Morgan fingerprint density at radius 3 is 2.95 bits per heavy atom. The van der Waals surface area contributed by atoms with Crippen molar-refractivity contribution in [1.82, 2.24) is 14.8 Å². The highest BCUT2D eigenvalue weighted by molar-refractivity contribution is 5.87. The van der Waals surface area contributed by atoms with E-state index in [2.05, 4.69) is 16.1 Å². The summed E-state index contributed by atoms with van der Waals surface area (Å²) in [6, 6.07) is 12.0. The molecule has 1 aliphatic heterocycles. The number of hydrogen-bond donors (Lipinski definition) is 1. The van der Waals surface area contributed by atoms with E-state index in [9.17, 15) is 0 Å². The van der Waals surface area contributed by atoms with Gasteiger partial charge in [-0.25, -0.2) is 9.67 Å². The SMILES string of the molecule is Nc1nc2ccccc2cc1-c1ccnn1C1CCCCO1. The third-order valence-corrected chi connectivity index (χ3v) is 4.13. The topological polar surface area (TPSA) is 66.0 Å². The monoisotopic (exact) mass is 294 g/mol. The van der Waals surface area contributed by atoms with Gasteiger partial charge < -0.3 is 10.5 Å². The molecule has 1 aliphatic rings. The van der Waals surface area contributed by atoms with Gasteiger partial charge in [0.2, 0.25) is 0 Å². The van der Waals surface area contributed by atoms with Crippen LogP contribution in [-0.4, -0.2) is 21.4 Å². The fraction of sp³-hybridized carbons (Fsp3) is 0.294. The van der Waals surface area contributed by atoms with Crippen LogP contribution >= 0.6 is 0 Å². The lowest BCUT2D eigenvalue weighted by Crippen LogP contribution is -2.20. The molecular weight excluding hydrogens is 276 g/mol. The number of fused-ring (bicyclic) bond motifs is 1. The number of para-hydroxylation sites is 1. The van der Waals surface area contributed by atoms with Crippen molar-refractivity contribution in [2.24, 2.45) is 0 Å². The Labute approximate surface area is 128 Å². The maximum atomic E-state index is 6.18. The van der Waals surface area contributed by atoms with Gasteiger partial charge in [0.25, 0.3) is 0 Å². The van der Waals surface area contributed by atoms with Crippen molar-refractivity contribution in [2.75, 3.05) is 12.3 Å². The van der Waals surface area contributed by atoms with Crippen LogP contribution < -0.4 is 5.73 Å². The van der Waals surface area contributed by atoms with Crippen LogP contribution in [0.1, 0.15) is 25.5 Å². The second kappa shape index (κ2) is 5.42. The van der Waals surface area contributed by atoms with Crippen LogP contribution in [0.3, 0.4) is 0 Å². The second-order valence-electron chi connectivity index (χ2n) is 5.60. The van der Waals surface area contributed by atoms with Gasteiger partial charge in [0.05, 0.1) is 11.2 Å². The first-order valence-electron chi connectivity index (χ1n) is 7.64. The van der Waals surface area contributed by atoms with Crippen molar-refractivity contribution in [1.29, 1.82) is 0 Å². The molecule has 1 aromatic carbocycles. The van der Waals surface area contributed by atoms with Crippen LogP contribution in [0.2, 0.25) is 0 Å². The van der Waals surface area contributed by atoms with Crippen molar-refractivity contribution in [2.45, 2.75) is 25.5 Å². The molecule has 5 nitrogen and oxygen atoms in total. The van der Waals surface area contributed by atoms with E-state index in [1.807, 2.05) is 35.0 Å². The van der Waals surface area contributed by atoms with Crippen LogP contribution in [0.25, 0.3) is 22.2 Å². The summed E-state index contributed by atoms with van der Waals surface area (Å²) in [7, 11) is 0. The lowest BCUT2D eigenvalue weighted by atomic mass is 10.1. The van der Waals surface area contributed by atoms with Crippen molar-refractivity contribution >= 4 is 16.7 Å². The van der Waals surface area contributed by atoms with Gasteiger partial charge in [0.1, 0.15) is 5.82 Å². The summed E-state index contributed by atoms with van der Waals surface area (Å²) in [4.78, 5) is 4.51. The number of pyridine rings is 1. The number of anilines is 1. The predicted octanol–water partition coefficient (Wildman–Crippen LogP) is 3.38. The van der Waals surface area contributed by atoms with Crippen LogP contribution in [-0.2, 0) is 4.74 Å². The third-order valence-electron chi connectivity index (χ3n) is 4.13. The fourth-order valence-corrected chi connectivity index (χ4v) is 3.01. The van der Waals surface area contributed by atoms with Crippen LogP contribution in [0.4, 0.5) is 5.82 Å². The number of ether oxygens (including phenoxy) is 1. The minimum absolute atomic E-state index is 0.00961. The molecule has 0 saturated carbocycles. The van der Waals surface area contributed by atoms with E-state index in [4.69, 9.17) is 10.5 Å². The Kier molecular flexibility index (Phi) is 3.27. The summed E-state index contributed by atoms with van der Waals surface area (Å²) >= 11 is 0. The molecule has 0 spiro atoms. The van der Waals surface area contributed by atoms with E-state index in [1.54, 1.807) is 6.20 Å². The highest BCUT2D eigenvalue weighted by atomic mass is 16.5. The van der Waals surface area contributed by atoms with Crippen molar-refractivity contribution < 1.29 is 4.74 Å². The molecule has 112 valence electrons. The summed E-state index contributed by atoms with van der Waals surface area (Å²) in [5.74, 6) is 0.524. The molecule has 2 N–H and O–H groups in total. The number of rotatable bonds is 2. The number of nitrogen functional groups attached to an aromatic ring is 1. The first kappa shape index (κ1) is 13.3. The van der Waals surface area contributed by atoms with E-state index < -0.39 is 0 Å². The molecule has 3 heterocycles. The zero-order valence-corrected chi connectivity index (χ0v) is 12.3. The average Bonchev–Trinajstić information content (AvgIpc) is 3.04. The minimum Gasteiger partial charge on any atom is -0.383 e. The summed E-state index contributed by atoms with van der Waals surface area (Å²) in [5.41, 5.74) is 8.96. The summed E-state index contributed by atoms with van der Waals surface area (Å²) in [5, 5.41) is 5.52. The molecule has 1 unspecified atom stereocenters. The smallest absolute Gasteiger partial charge is 0.150 e. The van der Waals surface area contributed by atoms with E-state index in [-0.39, 0.29) is 6.23 Å². The van der Waals surface area contributed by atoms with Crippen LogP contribution in [0, 0.1) is 0 Å². The molecule has 4 rings (SSSR count). The first-order chi connectivity index (χ1) is 10.8. The summed E-state index contributed by atoms with van der Waals surface area (Å²) in [6.07, 6.45) is 5.05. The maximum Gasteiger partial charge on any atom is 0.150 e. The van der Waals surface area contributed by atoms with Crippen LogP contribution in [0.15, 0.2) is 42.6 Å². The lowest BCUT2D eigenvalue weighted by molar-refractivity contribution is -0.0383. The summed E-state index contributed by atoms with van der Waals surface area (Å²) < 4.78 is 7.78. The zero-order valence-electron chi connectivity index (χ0n) is 12.3. The Hall–Kier alpha value is -2.40. The first-order valence-corrected chi connectivity index (χ1v) is 7.64. The molecule has 0 aliphatic carbocycles. The molecule has 0 amide bonds. The van der Waals surface area contributed by atoms with Crippen molar-refractivity contribution in [3.05, 3.63) is 42.6 Å². The molecule has 1 atom stereocenters. The Morgan fingerprint density at radius 1 is 1.18 bits per heavy atom. The number of nitrogens with two attached hydrogens (primary N) is 1. The Morgan fingerprint density at radius 2 is 2.09 bits per heavy atom. The maximum absolute atomic E-state index is 6.18. The van der Waals surface area contributed by atoms with Gasteiger partial charge in [-0.3, -0.25) is 0 Å². The Bertz CT molecular complexity index is 805. The zero-order chi connectivity index (χ0) is 14.9. The normalized spacial score (nSPS) is 18.6. The van der Waals surface area contributed by atoms with Crippen LogP contribution in [0.5, 0.6) is 0 Å². The predicted molar refractivity (Wildman–Crippen MR) is 86.2 cm³/mol. The second-order valence-corrected chi connectivity index (χ2v) is 5.60. The van der Waals surface area contributed by atoms with Gasteiger partial charge in [-0.1, -0.05) is 18.2 Å². The fourth-order valence-electron chi connectivity index (χ4n) is 3.01. The largest absolute Gasteiger partial charge is 0.383 e. The standard InChI is InChI=1S/C17H18N4O/c18-17-13(11-12-5-1-2-6-14(12)20-17)15-8-9-19-21(15)16-7-3-4-10-22-16/h1-2,5-6,8-9,11,16H,3-4,7,10H2,(H2,18,20). The van der Waals surface area contributed by atoms with Crippen molar-refractivity contribution in [3.63, 3.8) is 0 Å². The summed E-state index contributed by atoms with van der Waals surface area (Å²) in [6.45, 7) is 0.787. The minimum atomic E-state index is -0.00961.